The maximum Gasteiger partial charge on any atom is 0.460 e. The van der Waals surface area contributed by atoms with E-state index >= 15 is 0 Å². The van der Waals surface area contributed by atoms with Gasteiger partial charge >= 0.3 is 47.0 Å². The van der Waals surface area contributed by atoms with Crippen molar-refractivity contribution in [2.45, 2.75) is 66.9 Å². The Bertz CT molecular complexity index is 877. The molecular formula is C13H13Cl3F15NO2SSi. The Morgan fingerprint density at radius 2 is 1.00 bits per heavy atom. The molecule has 0 unspecified atom stereocenters. The first-order valence-electron chi connectivity index (χ1n) is 8.81. The van der Waals surface area contributed by atoms with Crippen LogP contribution in [0, 0.1) is 0 Å². The van der Waals surface area contributed by atoms with Crippen LogP contribution in [0.25, 0.3) is 0 Å². The van der Waals surface area contributed by atoms with Gasteiger partial charge in [-0.2, -0.15) is 70.2 Å². The SMILES string of the molecule is CCCN(CCC[Si](Cl)(Cl)Cl)S(=O)(=O)C(F)(F)C(F)(F)C(F)(F)C(F)(F)C(F)(F)C(F)(F)C(F)(F)F. The second kappa shape index (κ2) is 10.5. The number of halogens is 18. The molecule has 0 atom stereocenters. The third-order valence-electron chi connectivity index (χ3n) is 4.30. The molecule has 0 rings (SSSR count). The van der Waals surface area contributed by atoms with Gasteiger partial charge in [0.25, 0.3) is 10.0 Å². The molecule has 36 heavy (non-hydrogen) atoms. The first-order valence-corrected chi connectivity index (χ1v) is 15.5. The highest BCUT2D eigenvalue weighted by Gasteiger charge is 2.94. The van der Waals surface area contributed by atoms with Crippen LogP contribution in [0.5, 0.6) is 0 Å². The van der Waals surface area contributed by atoms with Gasteiger partial charge in [-0.05, 0) is 18.9 Å². The Morgan fingerprint density at radius 3 is 1.33 bits per heavy atom. The maximum absolute atomic E-state index is 14.2. The first-order chi connectivity index (χ1) is 15.4. The van der Waals surface area contributed by atoms with Crippen molar-refractivity contribution in [2.24, 2.45) is 0 Å². The third kappa shape index (κ3) is 5.91. The average Bonchev–Trinajstić information content (AvgIpc) is 2.64. The Hall–Kier alpha value is -0.0531. The minimum Gasteiger partial charge on any atom is -0.206 e. The van der Waals surface area contributed by atoms with Gasteiger partial charge in [-0.15, -0.1) is 33.2 Å². The summed E-state index contributed by atoms with van der Waals surface area (Å²) in [6.45, 7) is -1.46. The van der Waals surface area contributed by atoms with Crippen molar-refractivity contribution in [2.75, 3.05) is 13.1 Å². The number of nitrogens with zero attached hydrogens (tertiary/aromatic N) is 1. The van der Waals surface area contributed by atoms with Gasteiger partial charge in [0.15, 0.2) is 0 Å². The van der Waals surface area contributed by atoms with E-state index in [1.807, 2.05) is 0 Å². The molecule has 0 aliphatic carbocycles. The van der Waals surface area contributed by atoms with E-state index in [9.17, 15) is 74.3 Å². The molecule has 0 aromatic rings. The predicted molar refractivity (Wildman–Crippen MR) is 99.3 cm³/mol. The minimum absolute atomic E-state index is 0.519. The molecule has 0 aliphatic heterocycles. The predicted octanol–water partition coefficient (Wildman–Crippen LogP) is 7.41. The fraction of sp³-hybridized carbons (Fsp3) is 1.00. The van der Waals surface area contributed by atoms with Crippen molar-refractivity contribution in [1.82, 2.24) is 4.31 Å². The van der Waals surface area contributed by atoms with Gasteiger partial charge in [-0.25, -0.2) is 8.42 Å². The molecule has 0 saturated carbocycles. The van der Waals surface area contributed by atoms with Crippen LogP contribution in [0.3, 0.4) is 0 Å². The zero-order valence-electron chi connectivity index (χ0n) is 17.0. The second-order valence-electron chi connectivity index (χ2n) is 7.01. The summed E-state index contributed by atoms with van der Waals surface area (Å²) in [5, 5.41) is -7.46. The number of hydrogen-bond acceptors (Lipinski definition) is 2. The molecule has 218 valence electrons. The topological polar surface area (TPSA) is 37.4 Å². The Kier molecular flexibility index (Phi) is 10.5. The van der Waals surface area contributed by atoms with Crippen LogP contribution in [-0.4, -0.2) is 72.9 Å². The monoisotopic (exact) mass is 665 g/mol. The van der Waals surface area contributed by atoms with Crippen LogP contribution >= 0.6 is 33.2 Å². The quantitative estimate of drug-likeness (QED) is 0.117. The van der Waals surface area contributed by atoms with Crippen molar-refractivity contribution < 1.29 is 74.3 Å². The third-order valence-corrected chi connectivity index (χ3v) is 8.87. The molecule has 0 radical (unpaired) electrons. The summed E-state index contributed by atoms with van der Waals surface area (Å²) in [5.41, 5.74) is 0. The fourth-order valence-corrected chi connectivity index (χ4v) is 5.66. The van der Waals surface area contributed by atoms with Gasteiger partial charge in [0, 0.05) is 13.1 Å². The highest BCUT2D eigenvalue weighted by Crippen LogP contribution is 2.63. The maximum atomic E-state index is 14.2. The summed E-state index contributed by atoms with van der Waals surface area (Å²) in [6, 6.07) is -4.14. The summed E-state index contributed by atoms with van der Waals surface area (Å²) in [5.74, 6) is -41.9. The normalized spacial score (nSPS) is 16.1. The molecule has 0 amide bonds. The average molecular weight is 667 g/mol. The molecule has 0 heterocycles. The highest BCUT2D eigenvalue weighted by molar-refractivity contribution is 7.90. The van der Waals surface area contributed by atoms with Crippen molar-refractivity contribution in [3.8, 4) is 0 Å². The Balaban J connectivity index is 6.71. The second-order valence-corrected chi connectivity index (χ2v) is 18.3. The lowest BCUT2D eigenvalue weighted by atomic mass is 9.94. The number of rotatable bonds is 13. The van der Waals surface area contributed by atoms with E-state index < -0.39 is 93.4 Å². The van der Waals surface area contributed by atoms with Crippen LogP contribution < -0.4 is 0 Å². The Morgan fingerprint density at radius 1 is 0.639 bits per heavy atom. The van der Waals surface area contributed by atoms with Crippen LogP contribution in [0.4, 0.5) is 65.9 Å². The zero-order valence-corrected chi connectivity index (χ0v) is 21.1. The van der Waals surface area contributed by atoms with Crippen molar-refractivity contribution in [1.29, 1.82) is 0 Å². The van der Waals surface area contributed by atoms with Gasteiger partial charge < -0.3 is 0 Å². The molecule has 0 aromatic carbocycles. The van der Waals surface area contributed by atoms with Gasteiger partial charge in [-0.3, -0.25) is 0 Å². The lowest BCUT2D eigenvalue weighted by molar-refractivity contribution is -0.447. The number of sulfonamides is 1. The van der Waals surface area contributed by atoms with Crippen molar-refractivity contribution in [3.05, 3.63) is 0 Å². The smallest absolute Gasteiger partial charge is 0.206 e. The van der Waals surface area contributed by atoms with Gasteiger partial charge in [0.1, 0.15) is 0 Å². The molecule has 0 fully saturated rings. The summed E-state index contributed by atoms with van der Waals surface area (Å²) in [4.78, 5) is 0. The van der Waals surface area contributed by atoms with E-state index in [0.29, 0.717) is 0 Å². The van der Waals surface area contributed by atoms with Crippen LogP contribution in [-0.2, 0) is 10.0 Å². The molecule has 0 bridgehead atoms. The Labute approximate surface area is 208 Å². The summed E-state index contributed by atoms with van der Waals surface area (Å²) >= 11 is 16.3. The summed E-state index contributed by atoms with van der Waals surface area (Å²) in [6.07, 6.45) is -8.98. The molecule has 0 N–H and O–H groups in total. The molecule has 0 spiro atoms. The number of alkyl halides is 15. The number of hydrogen-bond donors (Lipinski definition) is 0. The van der Waals surface area contributed by atoms with E-state index in [1.165, 1.54) is 0 Å². The van der Waals surface area contributed by atoms with Crippen LogP contribution in [0.2, 0.25) is 6.04 Å². The zero-order chi connectivity index (χ0) is 29.6. The minimum atomic E-state index is -8.59. The molecular weight excluding hydrogens is 654 g/mol. The summed E-state index contributed by atoms with van der Waals surface area (Å²) in [7, 11) is -7.22. The molecule has 23 heteroatoms. The van der Waals surface area contributed by atoms with Gasteiger partial charge in [0.05, 0.1) is 0 Å². The van der Waals surface area contributed by atoms with E-state index in [-0.39, 0.29) is 0 Å². The van der Waals surface area contributed by atoms with E-state index in [4.69, 9.17) is 33.2 Å². The molecule has 0 aliphatic rings. The van der Waals surface area contributed by atoms with Gasteiger partial charge in [0.2, 0.25) is 0 Å². The van der Waals surface area contributed by atoms with Gasteiger partial charge in [-0.1, -0.05) is 6.92 Å². The van der Waals surface area contributed by atoms with E-state index in [0.717, 1.165) is 6.92 Å². The van der Waals surface area contributed by atoms with E-state index in [1.54, 1.807) is 0 Å². The molecule has 3 nitrogen and oxygen atoms in total. The lowest BCUT2D eigenvalue weighted by Gasteiger charge is -2.41. The highest BCUT2D eigenvalue weighted by atomic mass is 35.8. The lowest BCUT2D eigenvalue weighted by Crippen LogP contribution is -2.73. The fourth-order valence-electron chi connectivity index (χ4n) is 2.33. The molecule has 0 saturated heterocycles. The van der Waals surface area contributed by atoms with Crippen LogP contribution in [0.1, 0.15) is 19.8 Å². The summed E-state index contributed by atoms with van der Waals surface area (Å²) < 4.78 is 223. The van der Waals surface area contributed by atoms with Crippen molar-refractivity contribution >= 4 is 49.3 Å². The first kappa shape index (κ1) is 35.9. The molecule has 0 aromatic heterocycles. The van der Waals surface area contributed by atoms with Crippen molar-refractivity contribution in [3.63, 3.8) is 0 Å². The van der Waals surface area contributed by atoms with Crippen LogP contribution in [0.15, 0.2) is 0 Å². The standard InChI is InChI=1S/C13H13Cl3F15NO2SSi/c1-2-4-32(5-3-6-36(14,15)16)35(33,34)13(30,31)11(25,26)9(21,22)7(17,18)8(19,20)10(23,24)12(27,28)29/h2-6H2,1H3. The largest absolute Gasteiger partial charge is 0.460 e. The van der Waals surface area contributed by atoms with E-state index in [2.05, 4.69) is 0 Å².